The van der Waals surface area contributed by atoms with Crippen LogP contribution in [0.2, 0.25) is 0 Å². The van der Waals surface area contributed by atoms with Crippen LogP contribution in [-0.2, 0) is 28.6 Å². The Morgan fingerprint density at radius 3 is 1.00 bits per heavy atom. The van der Waals surface area contributed by atoms with Crippen LogP contribution in [0.5, 0.6) is 0 Å². The number of esters is 3. The Kier molecular flexibility index (Phi) is 57.4. The molecule has 0 fully saturated rings. The van der Waals surface area contributed by atoms with Gasteiger partial charge in [0.15, 0.2) is 6.10 Å². The lowest BCUT2D eigenvalue weighted by Gasteiger charge is -2.18. The minimum absolute atomic E-state index is 0.0979. The molecule has 0 N–H and O–H groups in total. The van der Waals surface area contributed by atoms with Gasteiger partial charge in [-0.1, -0.05) is 259 Å². The summed E-state index contributed by atoms with van der Waals surface area (Å²) in [7, 11) is 0. The molecule has 1 atom stereocenters. The van der Waals surface area contributed by atoms with Crippen LogP contribution in [-0.4, -0.2) is 37.2 Å². The van der Waals surface area contributed by atoms with E-state index >= 15 is 0 Å². The molecule has 1 unspecified atom stereocenters. The zero-order valence-electron chi connectivity index (χ0n) is 47.6. The second-order valence-corrected chi connectivity index (χ2v) is 20.0. The van der Waals surface area contributed by atoms with Crippen molar-refractivity contribution in [3.8, 4) is 0 Å². The van der Waals surface area contributed by atoms with Gasteiger partial charge in [-0.25, -0.2) is 0 Å². The number of unbranched alkanes of at least 4 members (excludes halogenated alkanes) is 28. The van der Waals surface area contributed by atoms with Crippen LogP contribution in [0.4, 0.5) is 0 Å². The van der Waals surface area contributed by atoms with Crippen molar-refractivity contribution >= 4 is 17.9 Å². The molecule has 0 spiro atoms. The summed E-state index contributed by atoms with van der Waals surface area (Å²) in [5.41, 5.74) is 0. The lowest BCUT2D eigenvalue weighted by atomic mass is 10.1. The standard InChI is InChI=1S/C67H112O6/c1-4-7-10-13-16-19-22-25-28-31-34-37-39-42-45-48-51-54-57-60-66(69)72-63-64(73-67(70)61-58-55-52-49-46-43-40-36-33-30-27-24-21-18-15-12-9-6-3)62-71-65(68)59-56-53-50-47-44-41-38-35-32-29-26-23-20-17-14-11-8-5-2/h7,10,16,18-19,21,24-25,27-28,30,33-38,40,64H,4-6,8-9,11-15,17,20,22-23,26,29,31-32,39,41-63H2,1-3H3/b10-7-,19-16-,21-18-,27-24-,28-25-,33-30-,37-34-,38-35-,40-36-. The van der Waals surface area contributed by atoms with Gasteiger partial charge in [0.2, 0.25) is 0 Å². The van der Waals surface area contributed by atoms with Gasteiger partial charge < -0.3 is 14.2 Å². The molecule has 0 amide bonds. The molecule has 0 bridgehead atoms. The first kappa shape index (κ1) is 69.1. The van der Waals surface area contributed by atoms with Gasteiger partial charge in [-0.2, -0.15) is 0 Å². The Balaban J connectivity index is 4.48. The quantitative estimate of drug-likeness (QED) is 0.0199. The van der Waals surface area contributed by atoms with E-state index in [-0.39, 0.29) is 31.1 Å². The highest BCUT2D eigenvalue weighted by atomic mass is 16.6. The number of ether oxygens (including phenoxy) is 3. The summed E-state index contributed by atoms with van der Waals surface area (Å²) < 4.78 is 16.9. The molecule has 0 heterocycles. The van der Waals surface area contributed by atoms with Crippen LogP contribution in [0.3, 0.4) is 0 Å². The number of allylic oxidation sites excluding steroid dienone is 18. The van der Waals surface area contributed by atoms with Crippen LogP contribution >= 0.6 is 0 Å². The van der Waals surface area contributed by atoms with Gasteiger partial charge in [0, 0.05) is 19.3 Å². The average Bonchev–Trinajstić information content (AvgIpc) is 3.39. The van der Waals surface area contributed by atoms with E-state index in [0.717, 1.165) is 128 Å². The van der Waals surface area contributed by atoms with Crippen molar-refractivity contribution in [3.63, 3.8) is 0 Å². The second-order valence-electron chi connectivity index (χ2n) is 20.0. The predicted octanol–water partition coefficient (Wildman–Crippen LogP) is 20.7. The maximum Gasteiger partial charge on any atom is 0.306 e. The van der Waals surface area contributed by atoms with Crippen molar-refractivity contribution in [2.24, 2.45) is 0 Å². The first-order valence-corrected chi connectivity index (χ1v) is 30.4. The fourth-order valence-electron chi connectivity index (χ4n) is 8.26. The highest BCUT2D eigenvalue weighted by Crippen LogP contribution is 2.15. The van der Waals surface area contributed by atoms with Gasteiger partial charge in [-0.15, -0.1) is 0 Å². The lowest BCUT2D eigenvalue weighted by Crippen LogP contribution is -2.30. The average molecular weight is 1010 g/mol. The molecule has 6 nitrogen and oxygen atoms in total. The van der Waals surface area contributed by atoms with Gasteiger partial charge in [-0.05, 0) is 109 Å². The van der Waals surface area contributed by atoms with E-state index in [1.807, 2.05) is 0 Å². The summed E-state index contributed by atoms with van der Waals surface area (Å²) >= 11 is 0. The minimum atomic E-state index is -0.803. The van der Waals surface area contributed by atoms with Crippen molar-refractivity contribution in [2.75, 3.05) is 13.2 Å². The molecule has 0 aliphatic heterocycles. The Labute approximate surface area is 450 Å². The SMILES string of the molecule is CC/C=C\C/C=C\C/C=C\C/C=C\CCCCCCCCC(=O)OCC(COC(=O)CCCCCCC/C=C\CCCCCCCCCCC)OC(=O)CCCCCCC\C=C/C=C\C=C/C=C\CCCCC. The summed E-state index contributed by atoms with van der Waals surface area (Å²) in [5, 5.41) is 0. The van der Waals surface area contributed by atoms with E-state index in [0.29, 0.717) is 19.3 Å². The minimum Gasteiger partial charge on any atom is -0.462 e. The summed E-state index contributed by atoms with van der Waals surface area (Å²) in [6, 6.07) is 0. The molecule has 0 aliphatic carbocycles. The fourth-order valence-corrected chi connectivity index (χ4v) is 8.26. The van der Waals surface area contributed by atoms with Crippen molar-refractivity contribution in [2.45, 2.75) is 284 Å². The molecule has 6 heteroatoms. The topological polar surface area (TPSA) is 78.9 Å². The molecule has 0 aromatic carbocycles. The van der Waals surface area contributed by atoms with E-state index < -0.39 is 6.10 Å². The number of carbonyl (C=O) groups excluding carboxylic acids is 3. The van der Waals surface area contributed by atoms with Crippen LogP contribution in [0.25, 0.3) is 0 Å². The molecule has 0 rings (SSSR count). The Bertz CT molecular complexity index is 1490. The van der Waals surface area contributed by atoms with Crippen LogP contribution in [0.15, 0.2) is 109 Å². The lowest BCUT2D eigenvalue weighted by molar-refractivity contribution is -0.167. The number of carbonyl (C=O) groups is 3. The van der Waals surface area contributed by atoms with E-state index in [1.165, 1.54) is 109 Å². The molecular weight excluding hydrogens is 901 g/mol. The van der Waals surface area contributed by atoms with Gasteiger partial charge in [-0.3, -0.25) is 14.4 Å². The van der Waals surface area contributed by atoms with E-state index in [2.05, 4.69) is 130 Å². The molecule has 0 aromatic rings. The third-order valence-corrected chi connectivity index (χ3v) is 12.8. The van der Waals surface area contributed by atoms with Gasteiger partial charge in [0.1, 0.15) is 13.2 Å². The Morgan fingerprint density at radius 2 is 0.589 bits per heavy atom. The highest BCUT2D eigenvalue weighted by Gasteiger charge is 2.19. The fraction of sp³-hybridized carbons (Fsp3) is 0.687. The van der Waals surface area contributed by atoms with Crippen LogP contribution in [0, 0.1) is 0 Å². The highest BCUT2D eigenvalue weighted by molar-refractivity contribution is 5.71. The maximum absolute atomic E-state index is 12.9. The number of hydrogen-bond donors (Lipinski definition) is 0. The summed E-state index contributed by atoms with van der Waals surface area (Å²) in [5.74, 6) is -0.938. The molecule has 416 valence electrons. The number of hydrogen-bond acceptors (Lipinski definition) is 6. The zero-order chi connectivity index (χ0) is 52.9. The van der Waals surface area contributed by atoms with Gasteiger partial charge >= 0.3 is 17.9 Å². The predicted molar refractivity (Wildman–Crippen MR) is 316 cm³/mol. The summed E-state index contributed by atoms with van der Waals surface area (Å²) in [6.45, 7) is 6.46. The third kappa shape index (κ3) is 58.8. The zero-order valence-corrected chi connectivity index (χ0v) is 47.6. The molecule has 0 aliphatic rings. The Hall–Kier alpha value is -3.93. The number of rotatable bonds is 54. The van der Waals surface area contributed by atoms with Crippen molar-refractivity contribution in [1.82, 2.24) is 0 Å². The first-order valence-electron chi connectivity index (χ1n) is 30.4. The maximum atomic E-state index is 12.9. The molecule has 0 saturated carbocycles. The van der Waals surface area contributed by atoms with Gasteiger partial charge in [0.25, 0.3) is 0 Å². The summed E-state index contributed by atoms with van der Waals surface area (Å²) in [4.78, 5) is 38.3. The van der Waals surface area contributed by atoms with Crippen molar-refractivity contribution in [1.29, 1.82) is 0 Å². The van der Waals surface area contributed by atoms with Gasteiger partial charge in [0.05, 0.1) is 0 Å². The normalized spacial score (nSPS) is 12.9. The van der Waals surface area contributed by atoms with Crippen LogP contribution in [0.1, 0.15) is 278 Å². The molecule has 0 saturated heterocycles. The molecule has 73 heavy (non-hydrogen) atoms. The molecular formula is C67H112O6. The monoisotopic (exact) mass is 1010 g/mol. The van der Waals surface area contributed by atoms with E-state index in [9.17, 15) is 14.4 Å². The van der Waals surface area contributed by atoms with E-state index in [1.54, 1.807) is 0 Å². The third-order valence-electron chi connectivity index (χ3n) is 12.8. The van der Waals surface area contributed by atoms with Crippen molar-refractivity contribution in [3.05, 3.63) is 109 Å². The largest absolute Gasteiger partial charge is 0.462 e. The molecule has 0 aromatic heterocycles. The Morgan fingerprint density at radius 1 is 0.301 bits per heavy atom. The second kappa shape index (κ2) is 60.6. The summed E-state index contributed by atoms with van der Waals surface area (Å²) in [6.07, 6.45) is 82.2. The molecule has 0 radical (unpaired) electrons. The van der Waals surface area contributed by atoms with E-state index in [4.69, 9.17) is 14.2 Å². The van der Waals surface area contributed by atoms with Crippen molar-refractivity contribution < 1.29 is 28.6 Å². The van der Waals surface area contributed by atoms with Crippen LogP contribution < -0.4 is 0 Å². The smallest absolute Gasteiger partial charge is 0.306 e. The first-order chi connectivity index (χ1) is 36.0.